The van der Waals surface area contributed by atoms with Crippen molar-refractivity contribution in [3.63, 3.8) is 0 Å². The van der Waals surface area contributed by atoms with Crippen molar-refractivity contribution in [2.24, 2.45) is 0 Å². The Bertz CT molecular complexity index is 903. The third-order valence-corrected chi connectivity index (χ3v) is 3.58. The van der Waals surface area contributed by atoms with Gasteiger partial charge in [-0.2, -0.15) is 26.3 Å². The topological polar surface area (TPSA) is 80.1 Å². The van der Waals surface area contributed by atoms with E-state index in [-0.39, 0.29) is 12.6 Å². The number of rotatable bonds is 7. The second-order valence-electron chi connectivity index (χ2n) is 5.93. The van der Waals surface area contributed by atoms with E-state index in [2.05, 4.69) is 15.5 Å². The molecule has 0 spiro atoms. The molecular formula is C17H15F6N5O2. The highest BCUT2D eigenvalue weighted by atomic mass is 19.4. The Labute approximate surface area is 166 Å². The molecular weight excluding hydrogens is 420 g/mol. The molecule has 13 heteroatoms. The summed E-state index contributed by atoms with van der Waals surface area (Å²) in [6.07, 6.45) is -5.98. The third kappa shape index (κ3) is 6.06. The van der Waals surface area contributed by atoms with Crippen LogP contribution in [-0.4, -0.2) is 38.6 Å². The highest BCUT2D eigenvalue weighted by Crippen LogP contribution is 2.37. The zero-order chi connectivity index (χ0) is 22.5. The van der Waals surface area contributed by atoms with Gasteiger partial charge in [-0.05, 0) is 24.6 Å². The molecule has 1 aromatic heterocycles. The molecule has 0 aliphatic rings. The average Bonchev–Trinajstić information content (AvgIpc) is 3.13. The molecule has 0 unspecified atom stereocenters. The van der Waals surface area contributed by atoms with Crippen LogP contribution < -0.4 is 5.43 Å². The first-order valence-electron chi connectivity index (χ1n) is 8.35. The lowest BCUT2D eigenvalue weighted by Crippen LogP contribution is -2.40. The molecule has 0 atom stereocenters. The number of carbonyl (C=O) groups excluding carboxylic acids is 2. The number of nitrogens with one attached hydrogen (secondary N) is 1. The van der Waals surface area contributed by atoms with E-state index in [1.165, 1.54) is 0 Å². The minimum absolute atomic E-state index is 0.000177. The molecule has 0 fully saturated rings. The molecule has 2 amide bonds. The lowest BCUT2D eigenvalue weighted by molar-refractivity contribution is -0.143. The normalized spacial score (nSPS) is 12.2. The van der Waals surface area contributed by atoms with E-state index < -0.39 is 40.8 Å². The highest BCUT2D eigenvalue weighted by Gasteiger charge is 2.37. The number of hydrazine groups is 1. The van der Waals surface area contributed by atoms with Gasteiger partial charge in [0.25, 0.3) is 5.91 Å². The zero-order valence-corrected chi connectivity index (χ0v) is 15.3. The quantitative estimate of drug-likeness (QED) is 0.313. The number of aromatic nitrogens is 3. The fourth-order valence-electron chi connectivity index (χ4n) is 2.26. The Morgan fingerprint density at radius 3 is 2.23 bits per heavy atom. The molecule has 0 aliphatic heterocycles. The summed E-state index contributed by atoms with van der Waals surface area (Å²) in [5.74, 6) is -1.11. The van der Waals surface area contributed by atoms with E-state index in [9.17, 15) is 35.9 Å². The van der Waals surface area contributed by atoms with E-state index >= 15 is 0 Å². The second kappa shape index (κ2) is 8.97. The van der Waals surface area contributed by atoms with Gasteiger partial charge in [-0.1, -0.05) is 6.92 Å². The van der Waals surface area contributed by atoms with Gasteiger partial charge in [0.2, 0.25) is 6.41 Å². The molecule has 0 aliphatic carbocycles. The fourth-order valence-corrected chi connectivity index (χ4v) is 2.26. The molecule has 30 heavy (non-hydrogen) atoms. The molecule has 0 saturated heterocycles. The summed E-state index contributed by atoms with van der Waals surface area (Å²) in [6, 6.07) is 0.996. The minimum Gasteiger partial charge on any atom is -0.277 e. The first-order chi connectivity index (χ1) is 13.9. The van der Waals surface area contributed by atoms with Crippen molar-refractivity contribution in [3.8, 4) is 11.4 Å². The zero-order valence-electron chi connectivity index (χ0n) is 15.3. The molecule has 2 rings (SSSR count). The van der Waals surface area contributed by atoms with E-state index in [1.807, 2.05) is 0 Å². The Hall–Kier alpha value is -3.38. The molecule has 1 heterocycles. The standard InChI is InChI=1S/C17H15F6N5O2/c1-2-4-28(10-29)25-14(30)3-5-27-9-24-15(26-27)11-6-12(16(18,19)20)8-13(7-11)17(21,22)23/h3,5-10H,2,4H2,1H3,(H,25,30)/b5-3-. The SMILES string of the molecule is CCCN(C=O)NC(=O)/C=C\n1cnc(-c2cc(C(F)(F)F)cc(C(F)(F)F)c2)n1. The van der Waals surface area contributed by atoms with Gasteiger partial charge in [-0.3, -0.25) is 20.0 Å². The smallest absolute Gasteiger partial charge is 0.277 e. The van der Waals surface area contributed by atoms with E-state index in [4.69, 9.17) is 0 Å². The number of carbonyl (C=O) groups is 2. The molecule has 1 N–H and O–H groups in total. The lowest BCUT2D eigenvalue weighted by atomic mass is 10.0. The van der Waals surface area contributed by atoms with Gasteiger partial charge in [0.1, 0.15) is 6.33 Å². The van der Waals surface area contributed by atoms with Gasteiger partial charge < -0.3 is 0 Å². The molecule has 0 bridgehead atoms. The number of alkyl halides is 6. The number of benzene rings is 1. The van der Waals surface area contributed by atoms with Gasteiger partial charge in [0.15, 0.2) is 5.82 Å². The van der Waals surface area contributed by atoms with Gasteiger partial charge >= 0.3 is 12.4 Å². The molecule has 1 aromatic carbocycles. The van der Waals surface area contributed by atoms with Crippen LogP contribution in [0.1, 0.15) is 24.5 Å². The van der Waals surface area contributed by atoms with Crippen LogP contribution in [0, 0.1) is 0 Å². The van der Waals surface area contributed by atoms with Crippen molar-refractivity contribution in [1.82, 2.24) is 25.2 Å². The Morgan fingerprint density at radius 1 is 1.13 bits per heavy atom. The summed E-state index contributed by atoms with van der Waals surface area (Å²) in [5, 5.41) is 4.76. The predicted octanol–water partition coefficient (Wildman–Crippen LogP) is 3.35. The second-order valence-corrected chi connectivity index (χ2v) is 5.93. The van der Waals surface area contributed by atoms with Gasteiger partial charge in [0, 0.05) is 24.4 Å². The van der Waals surface area contributed by atoms with Crippen LogP contribution in [-0.2, 0) is 21.9 Å². The highest BCUT2D eigenvalue weighted by molar-refractivity contribution is 5.90. The summed E-state index contributed by atoms with van der Waals surface area (Å²) in [4.78, 5) is 26.2. The maximum atomic E-state index is 13.0. The monoisotopic (exact) mass is 435 g/mol. The van der Waals surface area contributed by atoms with Crippen molar-refractivity contribution >= 4 is 18.5 Å². The van der Waals surface area contributed by atoms with E-state index in [0.29, 0.717) is 25.0 Å². The van der Waals surface area contributed by atoms with Crippen LogP contribution in [0.5, 0.6) is 0 Å². The van der Waals surface area contributed by atoms with Crippen molar-refractivity contribution in [1.29, 1.82) is 0 Å². The van der Waals surface area contributed by atoms with Gasteiger partial charge in [-0.15, -0.1) is 5.10 Å². The number of hydrogen-bond donors (Lipinski definition) is 1. The van der Waals surface area contributed by atoms with Crippen LogP contribution >= 0.6 is 0 Å². The Kier molecular flexibility index (Phi) is 6.84. The van der Waals surface area contributed by atoms with Crippen molar-refractivity contribution in [3.05, 3.63) is 41.7 Å². The van der Waals surface area contributed by atoms with Crippen molar-refractivity contribution in [2.75, 3.05) is 6.54 Å². The minimum atomic E-state index is -5.00. The summed E-state index contributed by atoms with van der Waals surface area (Å²) in [5.41, 5.74) is -1.24. The first kappa shape index (κ1) is 22.9. The molecule has 2 aromatic rings. The largest absolute Gasteiger partial charge is 0.416 e. The number of nitrogens with zero attached hydrogens (tertiary/aromatic N) is 4. The van der Waals surface area contributed by atoms with Crippen LogP contribution in [0.3, 0.4) is 0 Å². The molecule has 0 saturated carbocycles. The van der Waals surface area contributed by atoms with Gasteiger partial charge in [0.05, 0.1) is 11.1 Å². The van der Waals surface area contributed by atoms with Crippen LogP contribution in [0.4, 0.5) is 26.3 Å². The fraction of sp³-hybridized carbons (Fsp3) is 0.294. The van der Waals surface area contributed by atoms with Crippen molar-refractivity contribution < 1.29 is 35.9 Å². The number of amides is 2. The van der Waals surface area contributed by atoms with Crippen molar-refractivity contribution in [2.45, 2.75) is 25.7 Å². The van der Waals surface area contributed by atoms with Crippen LogP contribution in [0.2, 0.25) is 0 Å². The van der Waals surface area contributed by atoms with E-state index in [1.54, 1.807) is 6.92 Å². The van der Waals surface area contributed by atoms with Gasteiger partial charge in [-0.25, -0.2) is 9.67 Å². The lowest BCUT2D eigenvalue weighted by Gasteiger charge is -2.15. The molecule has 0 radical (unpaired) electrons. The first-order valence-corrected chi connectivity index (χ1v) is 8.35. The summed E-state index contributed by atoms with van der Waals surface area (Å²) in [7, 11) is 0. The summed E-state index contributed by atoms with van der Waals surface area (Å²) < 4.78 is 78.7. The third-order valence-electron chi connectivity index (χ3n) is 3.58. The van der Waals surface area contributed by atoms with E-state index in [0.717, 1.165) is 28.3 Å². The maximum absolute atomic E-state index is 13.0. The predicted molar refractivity (Wildman–Crippen MR) is 92.0 cm³/mol. The summed E-state index contributed by atoms with van der Waals surface area (Å²) >= 11 is 0. The number of hydrogen-bond acceptors (Lipinski definition) is 4. The summed E-state index contributed by atoms with van der Waals surface area (Å²) in [6.45, 7) is 2.06. The molecule has 162 valence electrons. The molecule has 7 nitrogen and oxygen atoms in total. The Morgan fingerprint density at radius 2 is 1.73 bits per heavy atom. The van der Waals surface area contributed by atoms with Crippen LogP contribution in [0.25, 0.3) is 17.6 Å². The number of halogens is 6. The maximum Gasteiger partial charge on any atom is 0.416 e. The average molecular weight is 435 g/mol. The van der Waals surface area contributed by atoms with Crippen LogP contribution in [0.15, 0.2) is 30.6 Å². The Balaban J connectivity index is 2.27.